The summed E-state index contributed by atoms with van der Waals surface area (Å²) in [5.74, 6) is 0.504. The standard InChI is InChI=1S/C33H37ClFN7O4S2/c1-4-41-20-36-16-25(41)17-42-28-15-29(32(43)39-48(44,45)21(2)3)47-33(28)38-30(42)18-40-12-10-22(11-13-40)27-6-5-7-31(37-27)46-19-23-8-9-24(34)14-26(23)35/h5-9,14-16,20-22H,4,10-13,17-19H2,1-3H3,(H,39,43). The third-order valence-corrected chi connectivity index (χ3v) is 11.5. The Bertz CT molecular complexity index is 2030. The normalized spacial score (nSPS) is 14.6. The molecule has 15 heteroatoms. The van der Waals surface area contributed by atoms with Crippen molar-refractivity contribution in [2.75, 3.05) is 13.1 Å². The first-order valence-corrected chi connectivity index (χ1v) is 18.5. The number of nitrogens with zero attached hydrogens (tertiary/aromatic N) is 6. The Morgan fingerprint density at radius 3 is 2.67 bits per heavy atom. The van der Waals surface area contributed by atoms with Crippen LogP contribution in [0.25, 0.3) is 10.3 Å². The van der Waals surface area contributed by atoms with E-state index < -0.39 is 27.0 Å². The van der Waals surface area contributed by atoms with E-state index in [9.17, 15) is 17.6 Å². The van der Waals surface area contributed by atoms with Crippen molar-refractivity contribution in [2.45, 2.75) is 71.0 Å². The highest BCUT2D eigenvalue weighted by Gasteiger charge is 2.26. The molecule has 1 aromatic carbocycles. The van der Waals surface area contributed by atoms with Crippen LogP contribution < -0.4 is 9.46 Å². The van der Waals surface area contributed by atoms with Gasteiger partial charge in [-0.15, -0.1) is 11.3 Å². The second-order valence-electron chi connectivity index (χ2n) is 12.1. The molecular weight excluding hydrogens is 677 g/mol. The van der Waals surface area contributed by atoms with Gasteiger partial charge in [0.1, 0.15) is 23.1 Å². The van der Waals surface area contributed by atoms with Gasteiger partial charge in [0.2, 0.25) is 15.9 Å². The van der Waals surface area contributed by atoms with Crippen LogP contribution in [0.5, 0.6) is 5.88 Å². The number of carbonyl (C=O) groups excluding carboxylic acids is 1. The van der Waals surface area contributed by atoms with Crippen LogP contribution in [-0.2, 0) is 36.3 Å². The number of amides is 1. The average molecular weight is 714 g/mol. The Balaban J connectivity index is 1.15. The topological polar surface area (TPSA) is 124 Å². The van der Waals surface area contributed by atoms with Gasteiger partial charge in [-0.1, -0.05) is 23.7 Å². The van der Waals surface area contributed by atoms with E-state index in [2.05, 4.69) is 30.7 Å². The molecule has 1 aliphatic rings. The number of likely N-dealkylation sites (tertiary alicyclic amines) is 1. The summed E-state index contributed by atoms with van der Waals surface area (Å²) < 4.78 is 51.0. The third kappa shape index (κ3) is 7.56. The summed E-state index contributed by atoms with van der Waals surface area (Å²) in [4.78, 5) is 30.2. The number of imidazole rings is 2. The van der Waals surface area contributed by atoms with Gasteiger partial charge in [-0.05, 0) is 71.0 Å². The van der Waals surface area contributed by atoms with E-state index in [1.165, 1.54) is 31.3 Å². The summed E-state index contributed by atoms with van der Waals surface area (Å²) in [7, 11) is -3.77. The number of sulfonamides is 1. The number of rotatable bonds is 12. The molecule has 0 bridgehead atoms. The highest BCUT2D eigenvalue weighted by molar-refractivity contribution is 7.90. The maximum atomic E-state index is 14.2. The summed E-state index contributed by atoms with van der Waals surface area (Å²) >= 11 is 7.05. The number of hydrogen-bond acceptors (Lipinski definition) is 9. The Hall–Kier alpha value is -3.85. The zero-order valence-electron chi connectivity index (χ0n) is 26.9. The van der Waals surface area contributed by atoms with Gasteiger partial charge in [-0.25, -0.2) is 32.5 Å². The molecule has 6 rings (SSSR count). The number of aromatic nitrogens is 5. The van der Waals surface area contributed by atoms with E-state index in [0.29, 0.717) is 39.3 Å². The predicted octanol–water partition coefficient (Wildman–Crippen LogP) is 5.98. The van der Waals surface area contributed by atoms with Crippen molar-refractivity contribution < 1.29 is 22.3 Å². The van der Waals surface area contributed by atoms with Gasteiger partial charge >= 0.3 is 0 Å². The Morgan fingerprint density at radius 2 is 1.94 bits per heavy atom. The summed E-state index contributed by atoms with van der Waals surface area (Å²) in [6.07, 6.45) is 5.42. The van der Waals surface area contributed by atoms with Crippen LogP contribution in [0, 0.1) is 5.82 Å². The maximum absolute atomic E-state index is 14.2. The number of pyridine rings is 1. The van der Waals surface area contributed by atoms with Crippen LogP contribution in [0.2, 0.25) is 5.02 Å². The second kappa shape index (κ2) is 14.3. The molecule has 48 heavy (non-hydrogen) atoms. The van der Waals surface area contributed by atoms with Crippen molar-refractivity contribution in [1.82, 2.24) is 33.7 Å². The molecule has 4 aromatic heterocycles. The molecule has 1 aliphatic heterocycles. The Morgan fingerprint density at radius 1 is 1.15 bits per heavy atom. The molecule has 0 spiro atoms. The van der Waals surface area contributed by atoms with Gasteiger partial charge in [-0.3, -0.25) is 9.69 Å². The van der Waals surface area contributed by atoms with Gasteiger partial charge in [0.25, 0.3) is 5.91 Å². The van der Waals surface area contributed by atoms with Gasteiger partial charge < -0.3 is 13.9 Å². The van der Waals surface area contributed by atoms with Crippen molar-refractivity contribution in [1.29, 1.82) is 0 Å². The summed E-state index contributed by atoms with van der Waals surface area (Å²) in [6, 6.07) is 11.9. The fourth-order valence-electron chi connectivity index (χ4n) is 5.71. The minimum atomic E-state index is -3.77. The lowest BCUT2D eigenvalue weighted by Crippen LogP contribution is -2.35. The number of ether oxygens (including phenoxy) is 1. The highest BCUT2D eigenvalue weighted by Crippen LogP contribution is 2.31. The van der Waals surface area contributed by atoms with E-state index in [0.717, 1.165) is 55.2 Å². The molecule has 1 saturated heterocycles. The highest BCUT2D eigenvalue weighted by atomic mass is 35.5. The minimum absolute atomic E-state index is 0.0598. The zero-order chi connectivity index (χ0) is 34.0. The molecule has 0 radical (unpaired) electrons. The quantitative estimate of drug-likeness (QED) is 0.168. The van der Waals surface area contributed by atoms with Crippen molar-refractivity contribution >= 4 is 49.2 Å². The van der Waals surface area contributed by atoms with Gasteiger partial charge in [0, 0.05) is 41.0 Å². The Labute approximate surface area is 287 Å². The van der Waals surface area contributed by atoms with E-state index in [1.54, 1.807) is 30.6 Å². The lowest BCUT2D eigenvalue weighted by atomic mass is 9.93. The molecule has 1 amide bonds. The molecule has 11 nitrogen and oxygen atoms in total. The number of hydrogen-bond donors (Lipinski definition) is 1. The van der Waals surface area contributed by atoms with Crippen molar-refractivity contribution in [3.05, 3.63) is 93.5 Å². The first kappa shape index (κ1) is 34.0. The van der Waals surface area contributed by atoms with Crippen LogP contribution in [0.3, 0.4) is 0 Å². The van der Waals surface area contributed by atoms with Crippen LogP contribution in [-0.4, -0.2) is 61.7 Å². The molecule has 0 unspecified atom stereocenters. The molecule has 0 saturated carbocycles. The van der Waals surface area contributed by atoms with E-state index >= 15 is 0 Å². The average Bonchev–Trinajstić information content (AvgIpc) is 3.77. The van der Waals surface area contributed by atoms with Gasteiger partial charge in [-0.2, -0.15) is 0 Å². The van der Waals surface area contributed by atoms with Crippen LogP contribution >= 0.6 is 22.9 Å². The molecule has 1 fully saturated rings. The molecule has 0 atom stereocenters. The van der Waals surface area contributed by atoms with Crippen LogP contribution in [0.15, 0.2) is 55.0 Å². The molecule has 1 N–H and O–H groups in total. The number of aryl methyl sites for hydroxylation is 1. The molecule has 5 heterocycles. The molecular formula is C33H37ClFN7O4S2. The fraction of sp³-hybridized carbons (Fsp3) is 0.394. The Kier molecular flexibility index (Phi) is 10.2. The minimum Gasteiger partial charge on any atom is -0.473 e. The maximum Gasteiger partial charge on any atom is 0.274 e. The monoisotopic (exact) mass is 713 g/mol. The first-order chi connectivity index (χ1) is 23.0. The van der Waals surface area contributed by atoms with Crippen LogP contribution in [0.1, 0.15) is 72.0 Å². The van der Waals surface area contributed by atoms with Crippen molar-refractivity contribution in [3.63, 3.8) is 0 Å². The lowest BCUT2D eigenvalue weighted by Gasteiger charge is -2.31. The van der Waals surface area contributed by atoms with E-state index in [1.807, 2.05) is 18.3 Å². The van der Waals surface area contributed by atoms with Crippen LogP contribution in [0.4, 0.5) is 4.39 Å². The molecule has 0 aliphatic carbocycles. The number of thiophene rings is 1. The van der Waals surface area contributed by atoms with Crippen molar-refractivity contribution in [3.8, 4) is 5.88 Å². The smallest absolute Gasteiger partial charge is 0.274 e. The molecule has 5 aromatic rings. The number of fused-ring (bicyclic) bond motifs is 1. The summed E-state index contributed by atoms with van der Waals surface area (Å²) in [6.45, 7) is 8.72. The second-order valence-corrected chi connectivity index (χ2v) is 15.8. The number of carbonyl (C=O) groups is 1. The zero-order valence-corrected chi connectivity index (χ0v) is 29.3. The lowest BCUT2D eigenvalue weighted by molar-refractivity contribution is 0.0985. The van der Waals surface area contributed by atoms with Crippen molar-refractivity contribution in [2.24, 2.45) is 0 Å². The number of halogens is 2. The fourth-order valence-corrected chi connectivity index (χ4v) is 7.49. The molecule has 254 valence electrons. The third-order valence-electron chi connectivity index (χ3n) is 8.57. The first-order valence-electron chi connectivity index (χ1n) is 15.8. The number of piperidine rings is 1. The summed E-state index contributed by atoms with van der Waals surface area (Å²) in [5, 5.41) is -0.391. The number of benzene rings is 1. The van der Waals surface area contributed by atoms with Gasteiger partial charge in [0.15, 0.2) is 0 Å². The van der Waals surface area contributed by atoms with E-state index in [-0.39, 0.29) is 12.5 Å². The largest absolute Gasteiger partial charge is 0.473 e. The van der Waals surface area contributed by atoms with E-state index in [4.69, 9.17) is 26.3 Å². The van der Waals surface area contributed by atoms with Gasteiger partial charge in [0.05, 0.1) is 40.8 Å². The SMILES string of the molecule is CCn1cncc1Cn1c(CN2CCC(c3cccc(OCc4ccc(Cl)cc4F)n3)CC2)nc2sc(C(=O)NS(=O)(=O)C(C)C)cc21. The predicted molar refractivity (Wildman–Crippen MR) is 183 cm³/mol. The summed E-state index contributed by atoms with van der Waals surface area (Å²) in [5.41, 5.74) is 3.14. The number of nitrogens with one attached hydrogen (secondary N) is 1.